The number of nitrogens with one attached hydrogen (secondary N) is 1. The Morgan fingerprint density at radius 2 is 2.37 bits per heavy atom. The molecule has 0 spiro atoms. The molecule has 2 heterocycles. The molecule has 0 unspecified atom stereocenters. The zero-order valence-electron chi connectivity index (χ0n) is 10.5. The lowest BCUT2D eigenvalue weighted by molar-refractivity contribution is 0.411. The average molecular weight is 284 g/mol. The maximum atomic E-state index is 11.9. The Morgan fingerprint density at radius 1 is 1.53 bits per heavy atom. The smallest absolute Gasteiger partial charge is 0.287 e. The van der Waals surface area contributed by atoms with Gasteiger partial charge in [0.25, 0.3) is 5.56 Å². The number of hydrogen-bond donors (Lipinski definition) is 1. The van der Waals surface area contributed by atoms with Crippen molar-refractivity contribution in [3.8, 4) is 0 Å². The Labute approximate surface area is 114 Å². The van der Waals surface area contributed by atoms with Crippen molar-refractivity contribution in [1.82, 2.24) is 19.9 Å². The SMILES string of the molecule is CCCCn1ncc(NCc2ncon2)c(Cl)c1=O. The van der Waals surface area contributed by atoms with Crippen LogP contribution in [0.5, 0.6) is 0 Å². The van der Waals surface area contributed by atoms with E-state index in [1.54, 1.807) is 0 Å². The van der Waals surface area contributed by atoms with E-state index in [2.05, 4.69) is 25.1 Å². The molecule has 0 aromatic carbocycles. The summed E-state index contributed by atoms with van der Waals surface area (Å²) in [4.78, 5) is 15.8. The van der Waals surface area contributed by atoms with Gasteiger partial charge < -0.3 is 9.84 Å². The third-order valence-electron chi connectivity index (χ3n) is 2.55. The van der Waals surface area contributed by atoms with Gasteiger partial charge in [-0.3, -0.25) is 4.79 Å². The van der Waals surface area contributed by atoms with Gasteiger partial charge in [0.2, 0.25) is 6.39 Å². The van der Waals surface area contributed by atoms with Crippen molar-refractivity contribution in [2.75, 3.05) is 5.32 Å². The summed E-state index contributed by atoms with van der Waals surface area (Å²) in [6, 6.07) is 0. The Hall–Kier alpha value is -1.89. The van der Waals surface area contributed by atoms with Crippen LogP contribution in [0.2, 0.25) is 5.02 Å². The average Bonchev–Trinajstić information content (AvgIpc) is 2.92. The van der Waals surface area contributed by atoms with E-state index in [4.69, 9.17) is 11.6 Å². The van der Waals surface area contributed by atoms with Gasteiger partial charge in [0, 0.05) is 6.54 Å². The molecule has 0 aliphatic carbocycles. The summed E-state index contributed by atoms with van der Waals surface area (Å²) in [7, 11) is 0. The monoisotopic (exact) mass is 283 g/mol. The van der Waals surface area contributed by atoms with E-state index in [9.17, 15) is 4.79 Å². The van der Waals surface area contributed by atoms with E-state index in [1.807, 2.05) is 6.92 Å². The quantitative estimate of drug-likeness (QED) is 0.868. The van der Waals surface area contributed by atoms with Crippen LogP contribution in [0.4, 0.5) is 5.69 Å². The molecule has 8 heteroatoms. The van der Waals surface area contributed by atoms with Crippen LogP contribution >= 0.6 is 11.6 Å². The predicted octanol–water partition coefficient (Wildman–Crippen LogP) is 1.69. The number of halogens is 1. The highest BCUT2D eigenvalue weighted by Crippen LogP contribution is 2.15. The molecule has 0 bridgehead atoms. The van der Waals surface area contributed by atoms with Crippen molar-refractivity contribution in [1.29, 1.82) is 0 Å². The molecule has 2 aromatic rings. The first-order valence-corrected chi connectivity index (χ1v) is 6.35. The van der Waals surface area contributed by atoms with Gasteiger partial charge in [-0.15, -0.1) is 0 Å². The summed E-state index contributed by atoms with van der Waals surface area (Å²) in [5.41, 5.74) is 0.164. The summed E-state index contributed by atoms with van der Waals surface area (Å²) >= 11 is 6.02. The molecule has 19 heavy (non-hydrogen) atoms. The largest absolute Gasteiger partial charge is 0.375 e. The first kappa shape index (κ1) is 13.5. The molecule has 2 aromatic heterocycles. The highest BCUT2D eigenvalue weighted by Gasteiger charge is 2.09. The van der Waals surface area contributed by atoms with Gasteiger partial charge in [0.05, 0.1) is 18.4 Å². The van der Waals surface area contributed by atoms with Gasteiger partial charge in [0.1, 0.15) is 5.02 Å². The minimum absolute atomic E-state index is 0.120. The van der Waals surface area contributed by atoms with E-state index in [-0.39, 0.29) is 10.6 Å². The molecule has 0 amide bonds. The van der Waals surface area contributed by atoms with Gasteiger partial charge in [-0.25, -0.2) is 4.68 Å². The summed E-state index contributed by atoms with van der Waals surface area (Å²) in [6.45, 7) is 2.93. The molecule has 0 saturated heterocycles. The maximum absolute atomic E-state index is 11.9. The standard InChI is InChI=1S/C11H14ClN5O2/c1-2-3-4-17-11(18)10(12)8(5-15-17)13-6-9-14-7-19-16-9/h5,7,13H,2-4,6H2,1H3. The van der Waals surface area contributed by atoms with Crippen LogP contribution in [0.15, 0.2) is 21.9 Å². The zero-order valence-corrected chi connectivity index (χ0v) is 11.2. The molecule has 0 radical (unpaired) electrons. The van der Waals surface area contributed by atoms with Crippen LogP contribution in [-0.4, -0.2) is 19.9 Å². The van der Waals surface area contributed by atoms with Crippen LogP contribution < -0.4 is 10.9 Å². The second-order valence-corrected chi connectivity index (χ2v) is 4.33. The third kappa shape index (κ3) is 3.31. The van der Waals surface area contributed by atoms with Crippen molar-refractivity contribution in [2.45, 2.75) is 32.9 Å². The molecule has 2 rings (SSSR count). The van der Waals surface area contributed by atoms with Gasteiger partial charge in [-0.1, -0.05) is 30.1 Å². The minimum atomic E-state index is -0.298. The number of anilines is 1. The van der Waals surface area contributed by atoms with E-state index >= 15 is 0 Å². The van der Waals surface area contributed by atoms with E-state index in [0.717, 1.165) is 12.8 Å². The highest BCUT2D eigenvalue weighted by molar-refractivity contribution is 6.32. The topological polar surface area (TPSA) is 85.8 Å². The Morgan fingerprint density at radius 3 is 3.05 bits per heavy atom. The van der Waals surface area contributed by atoms with Crippen molar-refractivity contribution in [2.24, 2.45) is 0 Å². The van der Waals surface area contributed by atoms with Crippen LogP contribution in [-0.2, 0) is 13.1 Å². The maximum Gasteiger partial charge on any atom is 0.287 e. The van der Waals surface area contributed by atoms with E-state index in [1.165, 1.54) is 17.3 Å². The van der Waals surface area contributed by atoms with Crippen molar-refractivity contribution >= 4 is 17.3 Å². The Balaban J connectivity index is 2.09. The first-order chi connectivity index (χ1) is 9.22. The van der Waals surface area contributed by atoms with Gasteiger partial charge in [-0.2, -0.15) is 10.1 Å². The van der Waals surface area contributed by atoms with E-state index < -0.39 is 0 Å². The minimum Gasteiger partial charge on any atom is -0.375 e. The normalized spacial score (nSPS) is 10.6. The molecule has 1 N–H and O–H groups in total. The number of nitrogens with zero attached hydrogens (tertiary/aromatic N) is 4. The summed E-state index contributed by atoms with van der Waals surface area (Å²) in [5.74, 6) is 0.478. The fourth-order valence-electron chi connectivity index (χ4n) is 1.50. The van der Waals surface area contributed by atoms with Crippen molar-refractivity contribution < 1.29 is 4.52 Å². The highest BCUT2D eigenvalue weighted by atomic mass is 35.5. The molecule has 0 aliphatic rings. The summed E-state index contributed by atoms with van der Waals surface area (Å²) in [5, 5.41) is 10.8. The second kappa shape index (κ2) is 6.33. The number of hydrogen-bond acceptors (Lipinski definition) is 6. The Bertz CT molecular complexity index is 581. The van der Waals surface area contributed by atoms with Crippen molar-refractivity contribution in [3.05, 3.63) is 33.8 Å². The number of unbranched alkanes of at least 4 members (excludes halogenated alkanes) is 1. The molecule has 102 valence electrons. The lowest BCUT2D eigenvalue weighted by atomic mass is 10.3. The van der Waals surface area contributed by atoms with Crippen LogP contribution in [0.1, 0.15) is 25.6 Å². The van der Waals surface area contributed by atoms with Gasteiger partial charge >= 0.3 is 0 Å². The summed E-state index contributed by atoms with van der Waals surface area (Å²) in [6.07, 6.45) is 4.64. The number of rotatable bonds is 6. The lowest BCUT2D eigenvalue weighted by Gasteiger charge is -2.08. The summed E-state index contributed by atoms with van der Waals surface area (Å²) < 4.78 is 5.97. The fraction of sp³-hybridized carbons (Fsp3) is 0.455. The lowest BCUT2D eigenvalue weighted by Crippen LogP contribution is -2.24. The number of aromatic nitrogens is 4. The molecule has 0 aliphatic heterocycles. The van der Waals surface area contributed by atoms with Gasteiger partial charge in [0.15, 0.2) is 5.82 Å². The van der Waals surface area contributed by atoms with Crippen LogP contribution in [0.3, 0.4) is 0 Å². The predicted molar refractivity (Wildman–Crippen MR) is 70.0 cm³/mol. The van der Waals surface area contributed by atoms with Crippen LogP contribution in [0, 0.1) is 0 Å². The Kier molecular flexibility index (Phi) is 4.51. The molecular weight excluding hydrogens is 270 g/mol. The number of aryl methyl sites for hydroxylation is 1. The van der Waals surface area contributed by atoms with Crippen LogP contribution in [0.25, 0.3) is 0 Å². The molecule has 0 fully saturated rings. The van der Waals surface area contributed by atoms with E-state index in [0.29, 0.717) is 24.6 Å². The fourth-order valence-corrected chi connectivity index (χ4v) is 1.71. The van der Waals surface area contributed by atoms with Crippen molar-refractivity contribution in [3.63, 3.8) is 0 Å². The zero-order chi connectivity index (χ0) is 13.7. The second-order valence-electron chi connectivity index (χ2n) is 3.96. The molecular formula is C11H14ClN5O2. The first-order valence-electron chi connectivity index (χ1n) is 5.97. The molecule has 0 atom stereocenters. The third-order valence-corrected chi connectivity index (χ3v) is 2.92. The molecule has 0 saturated carbocycles. The van der Waals surface area contributed by atoms with Gasteiger partial charge in [-0.05, 0) is 6.42 Å². The molecule has 7 nitrogen and oxygen atoms in total.